The van der Waals surface area contributed by atoms with Gasteiger partial charge in [-0.25, -0.2) is 4.39 Å². The zero-order valence-electron chi connectivity index (χ0n) is 12.8. The first-order valence-electron chi connectivity index (χ1n) is 7.82. The molecule has 2 aromatic rings. The van der Waals surface area contributed by atoms with Crippen LogP contribution in [0.4, 0.5) is 4.39 Å². The SMILES string of the molecule is N#Cc1ccc(F)cc1CN1CCC(c2ccc(Cl)cc2)CC1. The molecule has 1 aliphatic rings. The van der Waals surface area contributed by atoms with Crippen molar-refractivity contribution in [3.8, 4) is 6.07 Å². The number of hydrogen-bond acceptors (Lipinski definition) is 2. The van der Waals surface area contributed by atoms with Crippen molar-refractivity contribution >= 4 is 11.6 Å². The van der Waals surface area contributed by atoms with Crippen LogP contribution in [-0.4, -0.2) is 18.0 Å². The molecule has 1 heterocycles. The van der Waals surface area contributed by atoms with E-state index in [0.29, 0.717) is 18.0 Å². The van der Waals surface area contributed by atoms with E-state index in [1.54, 1.807) is 6.07 Å². The molecule has 0 N–H and O–H groups in total. The number of likely N-dealkylation sites (tertiary alicyclic amines) is 1. The van der Waals surface area contributed by atoms with E-state index < -0.39 is 0 Å². The fraction of sp³-hybridized carbons (Fsp3) is 0.316. The zero-order valence-corrected chi connectivity index (χ0v) is 13.6. The Morgan fingerprint density at radius 3 is 2.48 bits per heavy atom. The van der Waals surface area contributed by atoms with Gasteiger partial charge in [0.05, 0.1) is 11.6 Å². The summed E-state index contributed by atoms with van der Waals surface area (Å²) in [5.74, 6) is 0.265. The Hall–Kier alpha value is -1.89. The third-order valence-electron chi connectivity index (χ3n) is 4.51. The largest absolute Gasteiger partial charge is 0.299 e. The summed E-state index contributed by atoms with van der Waals surface area (Å²) < 4.78 is 13.4. The predicted molar refractivity (Wildman–Crippen MR) is 89.8 cm³/mol. The second-order valence-corrected chi connectivity index (χ2v) is 6.45. The van der Waals surface area contributed by atoms with Gasteiger partial charge in [0, 0.05) is 11.6 Å². The molecule has 2 nitrogen and oxygen atoms in total. The van der Waals surface area contributed by atoms with E-state index in [1.165, 1.54) is 17.7 Å². The first kappa shape index (κ1) is 16.0. The highest BCUT2D eigenvalue weighted by molar-refractivity contribution is 6.30. The normalized spacial score (nSPS) is 16.2. The second kappa shape index (κ2) is 7.12. The molecule has 0 aromatic heterocycles. The lowest BCUT2D eigenvalue weighted by molar-refractivity contribution is 0.204. The quantitative estimate of drug-likeness (QED) is 0.814. The van der Waals surface area contributed by atoms with Crippen LogP contribution in [0.2, 0.25) is 5.02 Å². The van der Waals surface area contributed by atoms with E-state index in [2.05, 4.69) is 23.1 Å². The van der Waals surface area contributed by atoms with Gasteiger partial charge in [-0.3, -0.25) is 4.90 Å². The highest BCUT2D eigenvalue weighted by Gasteiger charge is 2.21. The first-order valence-corrected chi connectivity index (χ1v) is 8.20. The van der Waals surface area contributed by atoms with E-state index in [1.807, 2.05) is 12.1 Å². The van der Waals surface area contributed by atoms with Crippen LogP contribution in [0.25, 0.3) is 0 Å². The molecule has 1 aliphatic heterocycles. The van der Waals surface area contributed by atoms with Crippen molar-refractivity contribution in [2.45, 2.75) is 25.3 Å². The third kappa shape index (κ3) is 3.90. The summed E-state index contributed by atoms with van der Waals surface area (Å²) in [5, 5.41) is 9.92. The van der Waals surface area contributed by atoms with Crippen LogP contribution in [0.5, 0.6) is 0 Å². The van der Waals surface area contributed by atoms with Gasteiger partial charge in [0.2, 0.25) is 0 Å². The minimum Gasteiger partial charge on any atom is -0.299 e. The van der Waals surface area contributed by atoms with Gasteiger partial charge in [0.25, 0.3) is 0 Å². The van der Waals surface area contributed by atoms with Gasteiger partial charge in [0.15, 0.2) is 0 Å². The molecule has 0 unspecified atom stereocenters. The van der Waals surface area contributed by atoms with Crippen molar-refractivity contribution < 1.29 is 4.39 Å². The van der Waals surface area contributed by atoms with Gasteiger partial charge in [-0.2, -0.15) is 5.26 Å². The summed E-state index contributed by atoms with van der Waals surface area (Å²) >= 11 is 5.94. The molecular formula is C19H18ClFN2. The van der Waals surface area contributed by atoms with E-state index in [0.717, 1.165) is 36.5 Å². The van der Waals surface area contributed by atoms with Gasteiger partial charge in [-0.05, 0) is 73.3 Å². The van der Waals surface area contributed by atoms with Crippen molar-refractivity contribution in [1.29, 1.82) is 5.26 Å². The summed E-state index contributed by atoms with van der Waals surface area (Å²) in [4.78, 5) is 2.29. The molecule has 3 rings (SSSR count). The summed E-state index contributed by atoms with van der Waals surface area (Å²) in [5.41, 5.74) is 2.67. The lowest BCUT2D eigenvalue weighted by atomic mass is 9.89. The van der Waals surface area contributed by atoms with Gasteiger partial charge in [-0.1, -0.05) is 23.7 Å². The van der Waals surface area contributed by atoms with E-state index in [4.69, 9.17) is 16.9 Å². The number of piperidine rings is 1. The molecule has 4 heteroatoms. The Morgan fingerprint density at radius 1 is 1.13 bits per heavy atom. The first-order chi connectivity index (χ1) is 11.2. The molecule has 1 fully saturated rings. The highest BCUT2D eigenvalue weighted by atomic mass is 35.5. The van der Waals surface area contributed by atoms with Crippen LogP contribution in [0.1, 0.15) is 35.4 Å². The molecule has 0 amide bonds. The molecule has 0 atom stereocenters. The van der Waals surface area contributed by atoms with Crippen LogP contribution in [0.15, 0.2) is 42.5 Å². The summed E-state index contributed by atoms with van der Waals surface area (Å²) in [6.07, 6.45) is 2.14. The van der Waals surface area contributed by atoms with Crippen molar-refractivity contribution in [3.05, 3.63) is 70.0 Å². The van der Waals surface area contributed by atoms with E-state index in [-0.39, 0.29) is 5.82 Å². The van der Waals surface area contributed by atoms with Crippen LogP contribution in [0.3, 0.4) is 0 Å². The Balaban J connectivity index is 1.62. The van der Waals surface area contributed by atoms with Crippen molar-refractivity contribution in [2.75, 3.05) is 13.1 Å². The summed E-state index contributed by atoms with van der Waals surface area (Å²) in [6.45, 7) is 2.54. The molecule has 0 bridgehead atoms. The van der Waals surface area contributed by atoms with Crippen molar-refractivity contribution in [1.82, 2.24) is 4.90 Å². The zero-order chi connectivity index (χ0) is 16.2. The molecule has 0 spiro atoms. The molecule has 2 aromatic carbocycles. The Kier molecular flexibility index (Phi) is 4.95. The standard InChI is InChI=1S/C19H18ClFN2/c20-18-4-1-14(2-5-18)15-7-9-23(10-8-15)13-17-11-19(21)6-3-16(17)12-22/h1-6,11,15H,7-10,13H2. The maximum absolute atomic E-state index is 13.4. The summed E-state index contributed by atoms with van der Waals surface area (Å²) in [6, 6.07) is 14.6. The molecule has 1 saturated heterocycles. The van der Waals surface area contributed by atoms with Gasteiger partial charge in [-0.15, -0.1) is 0 Å². The van der Waals surface area contributed by atoms with Crippen LogP contribution in [0, 0.1) is 17.1 Å². The maximum Gasteiger partial charge on any atom is 0.123 e. The van der Waals surface area contributed by atoms with Crippen LogP contribution >= 0.6 is 11.6 Å². The van der Waals surface area contributed by atoms with Crippen molar-refractivity contribution in [2.24, 2.45) is 0 Å². The molecule has 118 valence electrons. The number of nitrogens with zero attached hydrogens (tertiary/aromatic N) is 2. The number of benzene rings is 2. The Bertz CT molecular complexity index is 713. The topological polar surface area (TPSA) is 27.0 Å². The molecule has 0 saturated carbocycles. The molecule has 0 aliphatic carbocycles. The predicted octanol–water partition coefficient (Wildman–Crippen LogP) is 4.73. The number of halogens is 2. The fourth-order valence-electron chi connectivity index (χ4n) is 3.20. The number of nitriles is 1. The molecule has 23 heavy (non-hydrogen) atoms. The second-order valence-electron chi connectivity index (χ2n) is 6.02. The van der Waals surface area contributed by atoms with E-state index >= 15 is 0 Å². The monoisotopic (exact) mass is 328 g/mol. The molecular weight excluding hydrogens is 311 g/mol. The third-order valence-corrected chi connectivity index (χ3v) is 4.76. The molecule has 0 radical (unpaired) electrons. The lowest BCUT2D eigenvalue weighted by Crippen LogP contribution is -2.32. The fourth-order valence-corrected chi connectivity index (χ4v) is 3.33. The van der Waals surface area contributed by atoms with Gasteiger partial charge < -0.3 is 0 Å². The van der Waals surface area contributed by atoms with Crippen LogP contribution < -0.4 is 0 Å². The number of rotatable bonds is 3. The maximum atomic E-state index is 13.4. The smallest absolute Gasteiger partial charge is 0.123 e. The minimum atomic E-state index is -0.282. The summed E-state index contributed by atoms with van der Waals surface area (Å²) in [7, 11) is 0. The van der Waals surface area contributed by atoms with E-state index in [9.17, 15) is 4.39 Å². The minimum absolute atomic E-state index is 0.282. The van der Waals surface area contributed by atoms with Gasteiger partial charge in [0.1, 0.15) is 5.82 Å². The Morgan fingerprint density at radius 2 is 1.83 bits per heavy atom. The highest BCUT2D eigenvalue weighted by Crippen LogP contribution is 2.29. The number of hydrogen-bond donors (Lipinski definition) is 0. The average molecular weight is 329 g/mol. The van der Waals surface area contributed by atoms with Crippen LogP contribution in [-0.2, 0) is 6.54 Å². The average Bonchev–Trinajstić information content (AvgIpc) is 2.57. The van der Waals surface area contributed by atoms with Gasteiger partial charge >= 0.3 is 0 Å². The lowest BCUT2D eigenvalue weighted by Gasteiger charge is -2.32. The Labute approximate surface area is 141 Å². The van der Waals surface area contributed by atoms with Crippen molar-refractivity contribution in [3.63, 3.8) is 0 Å².